The van der Waals surface area contributed by atoms with Gasteiger partial charge in [0.1, 0.15) is 0 Å². The van der Waals surface area contributed by atoms with Gasteiger partial charge >= 0.3 is 5.97 Å². The molecule has 0 spiro atoms. The molecule has 0 aliphatic heterocycles. The second-order valence-corrected chi connectivity index (χ2v) is 7.84. The number of nitrogens with zero attached hydrogens (tertiary/aromatic N) is 2. The molecule has 0 saturated heterocycles. The van der Waals surface area contributed by atoms with Crippen LogP contribution < -0.4 is 5.32 Å². The second kappa shape index (κ2) is 10.0. The molecule has 1 N–H and O–H groups in total. The Morgan fingerprint density at radius 1 is 1.24 bits per heavy atom. The number of hydrogen-bond acceptors (Lipinski definition) is 4. The minimum Gasteiger partial charge on any atom is -0.452 e. The molecule has 1 aliphatic rings. The number of hydrogen-bond donors (Lipinski definition) is 1. The largest absolute Gasteiger partial charge is 0.452 e. The molecule has 1 aromatic carbocycles. The minimum atomic E-state index is -0.541. The van der Waals surface area contributed by atoms with Gasteiger partial charge in [-0.15, -0.1) is 0 Å². The summed E-state index contributed by atoms with van der Waals surface area (Å²) in [6.07, 6.45) is 9.81. The Hall–Kier alpha value is -2.89. The summed E-state index contributed by atoms with van der Waals surface area (Å²) in [5, 5.41) is 7.29. The summed E-state index contributed by atoms with van der Waals surface area (Å²) in [7, 11) is 0. The van der Waals surface area contributed by atoms with Crippen LogP contribution in [0.5, 0.6) is 0 Å². The van der Waals surface area contributed by atoms with Crippen molar-refractivity contribution < 1.29 is 14.3 Å². The first-order chi connectivity index (χ1) is 14.0. The van der Waals surface area contributed by atoms with Gasteiger partial charge in [-0.2, -0.15) is 5.10 Å². The fourth-order valence-electron chi connectivity index (χ4n) is 3.71. The molecule has 6 heteroatoms. The molecular formula is C23H29N3O3. The maximum Gasteiger partial charge on any atom is 0.331 e. The lowest BCUT2D eigenvalue weighted by Crippen LogP contribution is -2.45. The Balaban J connectivity index is 1.42. The summed E-state index contributed by atoms with van der Waals surface area (Å²) in [5.41, 5.74) is 1.95. The summed E-state index contributed by atoms with van der Waals surface area (Å²) in [5.74, 6) is 0.257. The van der Waals surface area contributed by atoms with E-state index in [4.69, 9.17) is 4.74 Å². The summed E-state index contributed by atoms with van der Waals surface area (Å²) in [6.45, 7) is 4.79. The first-order valence-corrected chi connectivity index (χ1v) is 10.2. The predicted molar refractivity (Wildman–Crippen MR) is 112 cm³/mol. The van der Waals surface area contributed by atoms with Gasteiger partial charge in [0.05, 0.1) is 12.7 Å². The molecule has 1 amide bonds. The summed E-state index contributed by atoms with van der Waals surface area (Å²) < 4.78 is 6.87. The van der Waals surface area contributed by atoms with Crippen molar-refractivity contribution >= 4 is 18.0 Å². The van der Waals surface area contributed by atoms with Gasteiger partial charge in [-0.05, 0) is 29.9 Å². The molecule has 1 fully saturated rings. The third-order valence-corrected chi connectivity index (χ3v) is 5.65. The zero-order valence-corrected chi connectivity index (χ0v) is 17.1. The molecule has 1 aliphatic carbocycles. The molecule has 0 radical (unpaired) electrons. The zero-order valence-electron chi connectivity index (χ0n) is 17.1. The topological polar surface area (TPSA) is 73.2 Å². The first kappa shape index (κ1) is 20.8. The van der Waals surface area contributed by atoms with E-state index in [9.17, 15) is 9.59 Å². The van der Waals surface area contributed by atoms with Gasteiger partial charge in [0, 0.05) is 23.9 Å². The van der Waals surface area contributed by atoms with Crippen LogP contribution in [0, 0.1) is 11.8 Å². The highest BCUT2D eigenvalue weighted by molar-refractivity contribution is 5.89. The van der Waals surface area contributed by atoms with Gasteiger partial charge in [0.2, 0.25) is 0 Å². The summed E-state index contributed by atoms with van der Waals surface area (Å²) >= 11 is 0. The maximum atomic E-state index is 12.1. The predicted octanol–water partition coefficient (Wildman–Crippen LogP) is 3.43. The summed E-state index contributed by atoms with van der Waals surface area (Å²) in [4.78, 5) is 24.0. The molecule has 3 rings (SSSR count). The molecule has 2 aromatic rings. The fraction of sp³-hybridized carbons (Fsp3) is 0.435. The summed E-state index contributed by atoms with van der Waals surface area (Å²) in [6, 6.07) is 10.2. The van der Waals surface area contributed by atoms with Crippen molar-refractivity contribution in [2.24, 2.45) is 11.8 Å². The zero-order chi connectivity index (χ0) is 20.6. The van der Waals surface area contributed by atoms with Crippen molar-refractivity contribution in [2.75, 3.05) is 6.61 Å². The Bertz CT molecular complexity index is 844. The average Bonchev–Trinajstić information content (AvgIpc) is 3.16. The van der Waals surface area contributed by atoms with Gasteiger partial charge < -0.3 is 10.1 Å². The van der Waals surface area contributed by atoms with E-state index in [2.05, 4.69) is 24.3 Å². The van der Waals surface area contributed by atoms with Crippen LogP contribution in [0.1, 0.15) is 44.2 Å². The monoisotopic (exact) mass is 395 g/mol. The maximum absolute atomic E-state index is 12.1. The average molecular weight is 396 g/mol. The molecule has 0 unspecified atom stereocenters. The van der Waals surface area contributed by atoms with E-state index in [0.29, 0.717) is 18.4 Å². The number of aromatic nitrogens is 2. The van der Waals surface area contributed by atoms with Crippen LogP contribution >= 0.6 is 0 Å². The normalized spacial score (nSPS) is 21.8. The van der Waals surface area contributed by atoms with Crippen LogP contribution in [0.2, 0.25) is 0 Å². The number of benzene rings is 1. The van der Waals surface area contributed by atoms with Gasteiger partial charge in [0.25, 0.3) is 5.91 Å². The molecule has 1 saturated carbocycles. The van der Waals surface area contributed by atoms with E-state index in [0.717, 1.165) is 24.0 Å². The molecule has 29 heavy (non-hydrogen) atoms. The molecule has 1 heterocycles. The number of nitrogens with one attached hydrogen (secondary N) is 1. The SMILES string of the molecule is C[C@H]1[C@@H](NC(=O)COC(=O)/C=C/c2cnn(Cc3ccccc3)c2)CCC[C@@H]1C. The Kier molecular flexibility index (Phi) is 7.22. The number of carbonyl (C=O) groups excluding carboxylic acids is 2. The quantitative estimate of drug-likeness (QED) is 0.576. The highest BCUT2D eigenvalue weighted by Crippen LogP contribution is 2.29. The van der Waals surface area contributed by atoms with Gasteiger partial charge in [-0.25, -0.2) is 4.79 Å². The van der Waals surface area contributed by atoms with Crippen molar-refractivity contribution in [1.29, 1.82) is 0 Å². The van der Waals surface area contributed by atoms with Crippen molar-refractivity contribution in [2.45, 2.75) is 45.7 Å². The highest BCUT2D eigenvalue weighted by atomic mass is 16.5. The van der Waals surface area contributed by atoms with E-state index >= 15 is 0 Å². The molecular weight excluding hydrogens is 366 g/mol. The molecule has 1 aromatic heterocycles. The third-order valence-electron chi connectivity index (χ3n) is 5.65. The van der Waals surface area contributed by atoms with Crippen molar-refractivity contribution in [3.63, 3.8) is 0 Å². The van der Waals surface area contributed by atoms with E-state index in [1.54, 1.807) is 17.0 Å². The smallest absolute Gasteiger partial charge is 0.331 e. The van der Waals surface area contributed by atoms with E-state index in [-0.39, 0.29) is 18.6 Å². The Morgan fingerprint density at radius 2 is 2.03 bits per heavy atom. The number of esters is 1. The van der Waals surface area contributed by atoms with Crippen LogP contribution in [0.15, 0.2) is 48.8 Å². The van der Waals surface area contributed by atoms with Crippen LogP contribution in [0.3, 0.4) is 0 Å². The van der Waals surface area contributed by atoms with Gasteiger partial charge in [0.15, 0.2) is 6.61 Å². The molecule has 154 valence electrons. The van der Waals surface area contributed by atoms with Crippen molar-refractivity contribution in [3.05, 3.63) is 59.9 Å². The first-order valence-electron chi connectivity index (χ1n) is 10.2. The van der Waals surface area contributed by atoms with Crippen LogP contribution in [0.25, 0.3) is 6.08 Å². The molecule has 0 bridgehead atoms. The lowest BCUT2D eigenvalue weighted by atomic mass is 9.78. The standard InChI is InChI=1S/C23H29N3O3/c1-17-7-6-10-21(18(17)2)25-22(27)16-29-23(28)12-11-20-13-24-26(15-20)14-19-8-4-3-5-9-19/h3-5,8-9,11-13,15,17-18,21H,6-7,10,14,16H2,1-2H3,(H,25,27)/b12-11+/t17-,18+,21-/m0/s1. The fourth-order valence-corrected chi connectivity index (χ4v) is 3.71. The second-order valence-electron chi connectivity index (χ2n) is 7.84. The number of carbonyl (C=O) groups is 2. The lowest BCUT2D eigenvalue weighted by molar-refractivity contribution is -0.144. The van der Waals surface area contributed by atoms with Crippen LogP contribution in [0.4, 0.5) is 0 Å². The van der Waals surface area contributed by atoms with Crippen LogP contribution in [-0.2, 0) is 20.9 Å². The molecule has 3 atom stereocenters. The van der Waals surface area contributed by atoms with Gasteiger partial charge in [-0.3, -0.25) is 9.48 Å². The molecule has 6 nitrogen and oxygen atoms in total. The Morgan fingerprint density at radius 3 is 2.83 bits per heavy atom. The van der Waals surface area contributed by atoms with Gasteiger partial charge in [-0.1, -0.05) is 57.0 Å². The number of amides is 1. The van der Waals surface area contributed by atoms with Crippen LogP contribution in [-0.4, -0.2) is 34.3 Å². The van der Waals surface area contributed by atoms with E-state index < -0.39 is 5.97 Å². The lowest BCUT2D eigenvalue weighted by Gasteiger charge is -2.34. The number of ether oxygens (including phenoxy) is 1. The van der Waals surface area contributed by atoms with Crippen molar-refractivity contribution in [3.8, 4) is 0 Å². The Labute approximate surface area is 171 Å². The van der Waals surface area contributed by atoms with E-state index in [1.165, 1.54) is 12.5 Å². The minimum absolute atomic E-state index is 0.163. The van der Waals surface area contributed by atoms with E-state index in [1.807, 2.05) is 36.5 Å². The third kappa shape index (κ3) is 6.31. The highest BCUT2D eigenvalue weighted by Gasteiger charge is 2.28. The number of rotatable bonds is 7. The van der Waals surface area contributed by atoms with Crippen molar-refractivity contribution in [1.82, 2.24) is 15.1 Å².